The van der Waals surface area contributed by atoms with Crippen LogP contribution in [0.3, 0.4) is 0 Å². The predicted octanol–water partition coefficient (Wildman–Crippen LogP) is 1.70. The number of piperazine rings is 1. The number of hydrogen-bond donors (Lipinski definition) is 1. The maximum Gasteiger partial charge on any atom is 0.224 e. The number of anilines is 2. The summed E-state index contributed by atoms with van der Waals surface area (Å²) in [6, 6.07) is 0. The largest absolute Gasteiger partial charge is 0.357 e. The van der Waals surface area contributed by atoms with Gasteiger partial charge >= 0.3 is 0 Å². The highest BCUT2D eigenvalue weighted by Crippen LogP contribution is 2.24. The summed E-state index contributed by atoms with van der Waals surface area (Å²) in [7, 11) is 1.81. The molecule has 18 heavy (non-hydrogen) atoms. The van der Waals surface area contributed by atoms with E-state index in [1.54, 1.807) is 6.20 Å². The Labute approximate surface area is 113 Å². The number of nitrogens with one attached hydrogen (secondary N) is 1. The maximum absolute atomic E-state index is 6.18. The van der Waals surface area contributed by atoms with Gasteiger partial charge in [-0.1, -0.05) is 18.5 Å². The summed E-state index contributed by atoms with van der Waals surface area (Å²) in [5, 5.41) is 3.57. The lowest BCUT2D eigenvalue weighted by molar-refractivity contribution is 0.258. The quantitative estimate of drug-likeness (QED) is 0.901. The SMILES string of the molecule is CCCN1CCN(c2nc(NC)ncc2Cl)CC1. The topological polar surface area (TPSA) is 44.3 Å². The van der Waals surface area contributed by atoms with Crippen LogP contribution in [0.2, 0.25) is 5.02 Å². The van der Waals surface area contributed by atoms with Crippen molar-refractivity contribution in [2.24, 2.45) is 0 Å². The molecule has 5 nitrogen and oxygen atoms in total. The monoisotopic (exact) mass is 269 g/mol. The molecule has 2 heterocycles. The number of halogens is 1. The third-order valence-electron chi connectivity index (χ3n) is 3.16. The lowest BCUT2D eigenvalue weighted by Crippen LogP contribution is -2.47. The Hall–Kier alpha value is -1.07. The van der Waals surface area contributed by atoms with Gasteiger partial charge in [-0.05, 0) is 13.0 Å². The fraction of sp³-hybridized carbons (Fsp3) is 0.667. The zero-order valence-corrected chi connectivity index (χ0v) is 11.7. The molecule has 0 bridgehead atoms. The van der Waals surface area contributed by atoms with E-state index in [1.807, 2.05) is 7.05 Å². The molecule has 1 saturated heterocycles. The Balaban J connectivity index is 2.04. The summed E-state index contributed by atoms with van der Waals surface area (Å²) in [5.74, 6) is 1.46. The van der Waals surface area contributed by atoms with Crippen LogP contribution in [-0.4, -0.2) is 54.6 Å². The number of aromatic nitrogens is 2. The van der Waals surface area contributed by atoms with Gasteiger partial charge in [0.2, 0.25) is 5.95 Å². The van der Waals surface area contributed by atoms with E-state index in [1.165, 1.54) is 13.0 Å². The normalized spacial score (nSPS) is 16.9. The van der Waals surface area contributed by atoms with Crippen LogP contribution in [-0.2, 0) is 0 Å². The summed E-state index contributed by atoms with van der Waals surface area (Å²) in [5.41, 5.74) is 0. The highest BCUT2D eigenvalue weighted by atomic mass is 35.5. The van der Waals surface area contributed by atoms with Crippen molar-refractivity contribution in [1.82, 2.24) is 14.9 Å². The average molecular weight is 270 g/mol. The Morgan fingerprint density at radius 1 is 1.33 bits per heavy atom. The van der Waals surface area contributed by atoms with Crippen molar-refractivity contribution in [1.29, 1.82) is 0 Å². The number of rotatable bonds is 4. The van der Waals surface area contributed by atoms with Crippen LogP contribution in [0.5, 0.6) is 0 Å². The molecule has 0 aromatic carbocycles. The van der Waals surface area contributed by atoms with Crippen LogP contribution >= 0.6 is 11.6 Å². The van der Waals surface area contributed by atoms with Gasteiger partial charge < -0.3 is 10.2 Å². The second-order valence-corrected chi connectivity index (χ2v) is 4.85. The van der Waals surface area contributed by atoms with Crippen LogP contribution in [0, 0.1) is 0 Å². The van der Waals surface area contributed by atoms with Crippen molar-refractivity contribution < 1.29 is 0 Å². The van der Waals surface area contributed by atoms with Gasteiger partial charge in [-0.25, -0.2) is 4.98 Å². The van der Waals surface area contributed by atoms with Crippen molar-refractivity contribution in [3.05, 3.63) is 11.2 Å². The fourth-order valence-electron chi connectivity index (χ4n) is 2.20. The molecule has 0 atom stereocenters. The van der Waals surface area contributed by atoms with Gasteiger partial charge in [-0.15, -0.1) is 0 Å². The van der Waals surface area contributed by atoms with E-state index in [2.05, 4.69) is 32.0 Å². The van der Waals surface area contributed by atoms with E-state index in [4.69, 9.17) is 11.6 Å². The molecule has 1 aliphatic rings. The highest BCUT2D eigenvalue weighted by molar-refractivity contribution is 6.32. The summed E-state index contributed by atoms with van der Waals surface area (Å²) >= 11 is 6.18. The summed E-state index contributed by atoms with van der Waals surface area (Å²) in [4.78, 5) is 13.3. The molecule has 2 rings (SSSR count). The molecule has 0 unspecified atom stereocenters. The van der Waals surface area contributed by atoms with Crippen molar-refractivity contribution >= 4 is 23.4 Å². The molecule has 1 aromatic heterocycles. The zero-order valence-electron chi connectivity index (χ0n) is 11.0. The first-order valence-electron chi connectivity index (χ1n) is 6.42. The van der Waals surface area contributed by atoms with E-state index in [0.717, 1.165) is 32.0 Å². The number of hydrogen-bond acceptors (Lipinski definition) is 5. The van der Waals surface area contributed by atoms with E-state index in [0.29, 0.717) is 11.0 Å². The Bertz CT molecular complexity index is 390. The first-order chi connectivity index (χ1) is 8.74. The summed E-state index contributed by atoms with van der Waals surface area (Å²) in [6.07, 6.45) is 2.87. The van der Waals surface area contributed by atoms with E-state index < -0.39 is 0 Å². The Morgan fingerprint density at radius 2 is 2.06 bits per heavy atom. The first kappa shape index (κ1) is 13.4. The number of nitrogens with zero attached hydrogens (tertiary/aromatic N) is 4. The highest BCUT2D eigenvalue weighted by Gasteiger charge is 2.19. The first-order valence-corrected chi connectivity index (χ1v) is 6.80. The van der Waals surface area contributed by atoms with Crippen LogP contribution in [0.4, 0.5) is 11.8 Å². The molecule has 1 N–H and O–H groups in total. The van der Waals surface area contributed by atoms with E-state index >= 15 is 0 Å². The van der Waals surface area contributed by atoms with Crippen molar-refractivity contribution in [2.45, 2.75) is 13.3 Å². The molecule has 6 heteroatoms. The van der Waals surface area contributed by atoms with Gasteiger partial charge in [0.1, 0.15) is 5.02 Å². The van der Waals surface area contributed by atoms with Gasteiger partial charge in [-0.2, -0.15) is 4.98 Å². The van der Waals surface area contributed by atoms with Crippen LogP contribution in [0.25, 0.3) is 0 Å². The third kappa shape index (κ3) is 3.03. The van der Waals surface area contributed by atoms with Crippen LogP contribution in [0.15, 0.2) is 6.20 Å². The molecule has 1 aliphatic heterocycles. The second kappa shape index (κ2) is 6.20. The molecule has 0 saturated carbocycles. The van der Waals surface area contributed by atoms with Crippen molar-refractivity contribution in [3.63, 3.8) is 0 Å². The smallest absolute Gasteiger partial charge is 0.224 e. The minimum absolute atomic E-state index is 0.616. The Kier molecular flexibility index (Phi) is 4.60. The second-order valence-electron chi connectivity index (χ2n) is 4.44. The fourth-order valence-corrected chi connectivity index (χ4v) is 2.41. The van der Waals surface area contributed by atoms with Crippen molar-refractivity contribution in [3.8, 4) is 0 Å². The molecule has 1 aromatic rings. The lowest BCUT2D eigenvalue weighted by atomic mass is 10.3. The Morgan fingerprint density at radius 3 is 2.67 bits per heavy atom. The molecule has 0 aliphatic carbocycles. The van der Waals surface area contributed by atoms with Gasteiger partial charge in [0.05, 0.1) is 6.20 Å². The van der Waals surface area contributed by atoms with E-state index in [-0.39, 0.29) is 0 Å². The zero-order chi connectivity index (χ0) is 13.0. The molecule has 1 fully saturated rings. The van der Waals surface area contributed by atoms with Crippen LogP contribution in [0.1, 0.15) is 13.3 Å². The summed E-state index contributed by atoms with van der Waals surface area (Å²) in [6.45, 7) is 7.48. The molecule has 100 valence electrons. The van der Waals surface area contributed by atoms with Crippen molar-refractivity contribution in [2.75, 3.05) is 50.0 Å². The summed E-state index contributed by atoms with van der Waals surface area (Å²) < 4.78 is 0. The molecule has 0 radical (unpaired) electrons. The van der Waals surface area contributed by atoms with Gasteiger partial charge in [0.25, 0.3) is 0 Å². The molecular formula is C12H20ClN5. The third-order valence-corrected chi connectivity index (χ3v) is 3.43. The van der Waals surface area contributed by atoms with Crippen LogP contribution < -0.4 is 10.2 Å². The minimum Gasteiger partial charge on any atom is -0.357 e. The average Bonchev–Trinajstić information content (AvgIpc) is 2.41. The molecular weight excluding hydrogens is 250 g/mol. The lowest BCUT2D eigenvalue weighted by Gasteiger charge is -2.35. The van der Waals surface area contributed by atoms with Gasteiger partial charge in [-0.3, -0.25) is 4.90 Å². The molecule has 0 spiro atoms. The van der Waals surface area contributed by atoms with Gasteiger partial charge in [0.15, 0.2) is 5.82 Å². The predicted molar refractivity (Wildman–Crippen MR) is 75.5 cm³/mol. The molecule has 0 amide bonds. The minimum atomic E-state index is 0.616. The van der Waals surface area contributed by atoms with Gasteiger partial charge in [0, 0.05) is 33.2 Å². The van der Waals surface area contributed by atoms with E-state index in [9.17, 15) is 0 Å². The standard InChI is InChI=1S/C12H20ClN5/c1-3-4-17-5-7-18(8-6-17)11-10(13)9-15-12(14-2)16-11/h9H,3-8H2,1-2H3,(H,14,15,16). The maximum atomic E-state index is 6.18.